The summed E-state index contributed by atoms with van der Waals surface area (Å²) in [4.78, 5) is 12.7. The van der Waals surface area contributed by atoms with Gasteiger partial charge in [-0.1, -0.05) is 6.07 Å². The maximum Gasteiger partial charge on any atom is 0.255 e. The van der Waals surface area contributed by atoms with Gasteiger partial charge in [-0.3, -0.25) is 4.79 Å². The van der Waals surface area contributed by atoms with Crippen molar-refractivity contribution in [3.63, 3.8) is 0 Å². The molecule has 0 fully saturated rings. The predicted octanol–water partition coefficient (Wildman–Crippen LogP) is 5.62. The fraction of sp³-hybridized carbons (Fsp3) is 0.120. The topological polar surface area (TPSA) is 95.1 Å². The summed E-state index contributed by atoms with van der Waals surface area (Å²) in [5, 5.41) is 15.1. The van der Waals surface area contributed by atoms with Gasteiger partial charge in [0.25, 0.3) is 5.91 Å². The Kier molecular flexibility index (Phi) is 5.85. The van der Waals surface area contributed by atoms with Crippen molar-refractivity contribution in [1.29, 1.82) is 0 Å². The molecular weight excluding hydrogens is 498 g/mol. The number of carbonyl (C=O) groups is 1. The van der Waals surface area contributed by atoms with Crippen molar-refractivity contribution in [2.75, 3.05) is 5.32 Å². The first kappa shape index (κ1) is 21.8. The Morgan fingerprint density at radius 3 is 2.44 bits per heavy atom. The van der Waals surface area contributed by atoms with Crippen LogP contribution in [-0.2, 0) is 6.61 Å². The minimum Gasteiger partial charge on any atom is -0.489 e. The molecule has 0 aliphatic rings. The highest BCUT2D eigenvalue weighted by Gasteiger charge is 2.11. The number of anilines is 1. The van der Waals surface area contributed by atoms with E-state index < -0.39 is 0 Å². The standard InChI is InChI=1S/C25H20BrN5O3/c1-15-24(26)16(2)31(28-15)20-8-6-19(7-9-20)27-25(32)18-4-10-21(11-5-18)33-14-17-3-12-22-23(13-17)30-34-29-22/h3-13H,14H2,1-2H3,(H,27,32). The number of nitrogens with one attached hydrogen (secondary N) is 1. The first-order valence-electron chi connectivity index (χ1n) is 10.6. The van der Waals surface area contributed by atoms with E-state index in [-0.39, 0.29) is 5.91 Å². The maximum atomic E-state index is 12.7. The van der Waals surface area contributed by atoms with Crippen molar-refractivity contribution in [2.45, 2.75) is 20.5 Å². The van der Waals surface area contributed by atoms with E-state index in [1.165, 1.54) is 0 Å². The fourth-order valence-corrected chi connectivity index (χ4v) is 3.80. The molecule has 0 saturated carbocycles. The van der Waals surface area contributed by atoms with Crippen LogP contribution in [0.3, 0.4) is 0 Å². The molecule has 5 rings (SSSR count). The van der Waals surface area contributed by atoms with Crippen LogP contribution in [0.25, 0.3) is 16.7 Å². The minimum atomic E-state index is -0.197. The Balaban J connectivity index is 1.20. The van der Waals surface area contributed by atoms with Gasteiger partial charge in [0.15, 0.2) is 0 Å². The molecular formula is C25H20BrN5O3. The van der Waals surface area contributed by atoms with Crippen molar-refractivity contribution in [1.82, 2.24) is 20.1 Å². The lowest BCUT2D eigenvalue weighted by Crippen LogP contribution is -2.12. The molecule has 2 aromatic heterocycles. The van der Waals surface area contributed by atoms with Crippen LogP contribution < -0.4 is 10.1 Å². The van der Waals surface area contributed by atoms with Crippen LogP contribution >= 0.6 is 15.9 Å². The lowest BCUT2D eigenvalue weighted by Gasteiger charge is -2.09. The molecule has 1 amide bonds. The van der Waals surface area contributed by atoms with Crippen LogP contribution in [0.5, 0.6) is 5.75 Å². The number of rotatable bonds is 6. The highest BCUT2D eigenvalue weighted by molar-refractivity contribution is 9.10. The zero-order chi connectivity index (χ0) is 23.7. The van der Waals surface area contributed by atoms with Gasteiger partial charge in [0.1, 0.15) is 23.4 Å². The Bertz CT molecular complexity index is 1470. The minimum absolute atomic E-state index is 0.197. The summed E-state index contributed by atoms with van der Waals surface area (Å²) in [5.74, 6) is 0.465. The number of hydrogen-bond acceptors (Lipinski definition) is 6. The van der Waals surface area contributed by atoms with Gasteiger partial charge in [0.2, 0.25) is 0 Å². The number of aromatic nitrogens is 4. The van der Waals surface area contributed by atoms with Gasteiger partial charge in [-0.2, -0.15) is 5.10 Å². The normalized spacial score (nSPS) is 11.0. The lowest BCUT2D eigenvalue weighted by molar-refractivity contribution is 0.102. The molecule has 0 saturated heterocycles. The van der Waals surface area contributed by atoms with Crippen molar-refractivity contribution in [3.8, 4) is 11.4 Å². The second-order valence-electron chi connectivity index (χ2n) is 7.80. The summed E-state index contributed by atoms with van der Waals surface area (Å²) in [6.45, 7) is 4.32. The van der Waals surface area contributed by atoms with Gasteiger partial charge in [-0.25, -0.2) is 9.31 Å². The highest BCUT2D eigenvalue weighted by atomic mass is 79.9. The molecule has 1 N–H and O–H groups in total. The molecule has 8 nitrogen and oxygen atoms in total. The number of hydrogen-bond donors (Lipinski definition) is 1. The van der Waals surface area contributed by atoms with Crippen molar-refractivity contribution >= 4 is 38.6 Å². The van der Waals surface area contributed by atoms with E-state index in [0.717, 1.165) is 27.1 Å². The Hall–Kier alpha value is -3.98. The molecule has 0 unspecified atom stereocenters. The first-order chi connectivity index (χ1) is 16.5. The number of carbonyl (C=O) groups excluding carboxylic acids is 1. The molecule has 170 valence electrons. The summed E-state index contributed by atoms with van der Waals surface area (Å²) >= 11 is 3.55. The van der Waals surface area contributed by atoms with Crippen LogP contribution in [0, 0.1) is 13.8 Å². The third-order valence-electron chi connectivity index (χ3n) is 5.41. The second kappa shape index (κ2) is 9.11. The van der Waals surface area contributed by atoms with Crippen molar-refractivity contribution in [3.05, 3.63) is 93.7 Å². The first-order valence-corrected chi connectivity index (χ1v) is 11.3. The third-order valence-corrected chi connectivity index (χ3v) is 6.56. The monoisotopic (exact) mass is 517 g/mol. The molecule has 2 heterocycles. The van der Waals surface area contributed by atoms with E-state index in [1.54, 1.807) is 24.3 Å². The second-order valence-corrected chi connectivity index (χ2v) is 8.59. The van der Waals surface area contributed by atoms with Crippen LogP contribution in [0.2, 0.25) is 0 Å². The zero-order valence-corrected chi connectivity index (χ0v) is 20.0. The molecule has 5 aromatic rings. The number of nitrogens with zero attached hydrogens (tertiary/aromatic N) is 4. The molecule has 9 heteroatoms. The molecule has 3 aromatic carbocycles. The van der Waals surface area contributed by atoms with Crippen LogP contribution in [0.4, 0.5) is 5.69 Å². The molecule has 0 aliphatic heterocycles. The van der Waals surface area contributed by atoms with Crippen molar-refractivity contribution < 1.29 is 14.2 Å². The number of ether oxygens (including phenoxy) is 1. The fourth-order valence-electron chi connectivity index (χ4n) is 3.55. The van der Waals surface area contributed by atoms with E-state index in [4.69, 9.17) is 9.37 Å². The largest absolute Gasteiger partial charge is 0.489 e. The summed E-state index contributed by atoms with van der Waals surface area (Å²) in [6.07, 6.45) is 0. The van der Waals surface area contributed by atoms with Gasteiger partial charge >= 0.3 is 0 Å². The summed E-state index contributed by atoms with van der Waals surface area (Å²) < 4.78 is 13.4. The van der Waals surface area contributed by atoms with Crippen molar-refractivity contribution in [2.24, 2.45) is 0 Å². The molecule has 0 atom stereocenters. The number of amides is 1. The van der Waals surface area contributed by atoms with E-state index in [9.17, 15) is 4.79 Å². The van der Waals surface area contributed by atoms with Gasteiger partial charge in [0.05, 0.1) is 21.5 Å². The summed E-state index contributed by atoms with van der Waals surface area (Å²) in [7, 11) is 0. The third kappa shape index (κ3) is 4.42. The van der Waals surface area contributed by atoms with Crippen LogP contribution in [0.1, 0.15) is 27.3 Å². The molecule has 0 spiro atoms. The van der Waals surface area contributed by atoms with Crippen LogP contribution in [0.15, 0.2) is 75.8 Å². The maximum absolute atomic E-state index is 12.7. The molecule has 34 heavy (non-hydrogen) atoms. The number of aryl methyl sites for hydroxylation is 1. The Morgan fingerprint density at radius 1 is 1.00 bits per heavy atom. The van der Waals surface area contributed by atoms with Gasteiger partial charge in [-0.05, 0) is 106 Å². The van der Waals surface area contributed by atoms with Gasteiger partial charge < -0.3 is 10.1 Å². The van der Waals surface area contributed by atoms with Gasteiger partial charge in [-0.15, -0.1) is 0 Å². The van der Waals surface area contributed by atoms with Crippen LogP contribution in [-0.4, -0.2) is 26.0 Å². The zero-order valence-electron chi connectivity index (χ0n) is 18.4. The molecule has 0 aliphatic carbocycles. The molecule has 0 bridgehead atoms. The number of halogens is 1. The van der Waals surface area contributed by atoms with E-state index in [2.05, 4.69) is 36.7 Å². The van der Waals surface area contributed by atoms with E-state index in [0.29, 0.717) is 34.6 Å². The Morgan fingerprint density at radius 2 is 1.74 bits per heavy atom. The SMILES string of the molecule is Cc1nn(-c2ccc(NC(=O)c3ccc(OCc4ccc5nonc5c4)cc3)cc2)c(C)c1Br. The highest BCUT2D eigenvalue weighted by Crippen LogP contribution is 2.24. The van der Waals surface area contributed by atoms with E-state index >= 15 is 0 Å². The number of benzene rings is 3. The Labute approximate surface area is 203 Å². The summed E-state index contributed by atoms with van der Waals surface area (Å²) in [5.41, 5.74) is 6.44. The lowest BCUT2D eigenvalue weighted by atomic mass is 10.2. The predicted molar refractivity (Wildman–Crippen MR) is 131 cm³/mol. The quantitative estimate of drug-likeness (QED) is 0.314. The average Bonchev–Trinajstić information content (AvgIpc) is 3.43. The molecule has 0 radical (unpaired) electrons. The smallest absolute Gasteiger partial charge is 0.255 e. The summed E-state index contributed by atoms with van der Waals surface area (Å²) in [6, 6.07) is 20.2. The number of fused-ring (bicyclic) bond motifs is 1. The van der Waals surface area contributed by atoms with E-state index in [1.807, 2.05) is 61.0 Å². The van der Waals surface area contributed by atoms with Gasteiger partial charge in [0, 0.05) is 11.3 Å². The average molecular weight is 518 g/mol.